The summed E-state index contributed by atoms with van der Waals surface area (Å²) in [7, 11) is 1.65. The Labute approximate surface area is 168 Å². The quantitative estimate of drug-likeness (QED) is 0.746. The molecule has 6 heteroatoms. The molecular formula is C22H35N3O3. The zero-order valence-corrected chi connectivity index (χ0v) is 17.2. The highest BCUT2D eigenvalue weighted by Crippen LogP contribution is 2.34. The van der Waals surface area contributed by atoms with Crippen molar-refractivity contribution >= 4 is 5.91 Å². The molecule has 0 aromatic heterocycles. The van der Waals surface area contributed by atoms with Crippen LogP contribution in [-0.4, -0.2) is 73.7 Å². The van der Waals surface area contributed by atoms with E-state index in [9.17, 15) is 9.90 Å². The molecule has 0 spiro atoms. The number of hydrogen-bond acceptors (Lipinski definition) is 5. The van der Waals surface area contributed by atoms with Crippen molar-refractivity contribution in [1.82, 2.24) is 15.1 Å². The number of ether oxygens (including phenoxy) is 1. The van der Waals surface area contributed by atoms with Gasteiger partial charge in [-0.25, -0.2) is 0 Å². The van der Waals surface area contributed by atoms with Crippen LogP contribution in [0.3, 0.4) is 0 Å². The van der Waals surface area contributed by atoms with Crippen LogP contribution in [0.4, 0.5) is 0 Å². The predicted octanol–water partition coefficient (Wildman–Crippen LogP) is 1.97. The van der Waals surface area contributed by atoms with Gasteiger partial charge >= 0.3 is 0 Å². The second-order valence-corrected chi connectivity index (χ2v) is 8.15. The Bertz CT molecular complexity index is 621. The highest BCUT2D eigenvalue weighted by molar-refractivity contribution is 5.78. The van der Waals surface area contributed by atoms with Gasteiger partial charge in [0.05, 0.1) is 19.3 Å². The number of carbonyl (C=O) groups excluding carboxylic acids is 1. The first kappa shape index (κ1) is 21.1. The minimum Gasteiger partial charge on any atom is -0.497 e. The third kappa shape index (κ3) is 5.93. The lowest BCUT2D eigenvalue weighted by Gasteiger charge is -2.38. The molecule has 1 aromatic carbocycles. The van der Waals surface area contributed by atoms with E-state index in [-0.39, 0.29) is 5.91 Å². The van der Waals surface area contributed by atoms with Crippen LogP contribution in [0.25, 0.3) is 0 Å². The van der Waals surface area contributed by atoms with Gasteiger partial charge < -0.3 is 20.1 Å². The first-order chi connectivity index (χ1) is 13.6. The van der Waals surface area contributed by atoms with Crippen LogP contribution in [-0.2, 0) is 10.4 Å². The number of rotatable bonds is 7. The van der Waals surface area contributed by atoms with E-state index >= 15 is 0 Å². The molecular weight excluding hydrogens is 354 g/mol. The molecule has 2 aliphatic rings. The lowest BCUT2D eigenvalue weighted by molar-refractivity contribution is -0.122. The number of benzene rings is 1. The zero-order chi connectivity index (χ0) is 19.8. The monoisotopic (exact) mass is 389 g/mol. The molecule has 0 radical (unpaired) electrons. The molecule has 0 bridgehead atoms. The highest BCUT2D eigenvalue weighted by atomic mass is 16.5. The Morgan fingerprint density at radius 1 is 1.11 bits per heavy atom. The molecule has 0 aliphatic carbocycles. The van der Waals surface area contributed by atoms with Gasteiger partial charge in [-0.1, -0.05) is 25.0 Å². The van der Waals surface area contributed by atoms with E-state index in [1.165, 1.54) is 25.7 Å². The van der Waals surface area contributed by atoms with Gasteiger partial charge in [0, 0.05) is 26.2 Å². The second-order valence-electron chi connectivity index (χ2n) is 8.15. The van der Waals surface area contributed by atoms with E-state index in [4.69, 9.17) is 4.74 Å². The molecule has 1 amide bonds. The van der Waals surface area contributed by atoms with Crippen molar-refractivity contribution in [1.29, 1.82) is 0 Å². The fourth-order valence-electron chi connectivity index (χ4n) is 4.25. The summed E-state index contributed by atoms with van der Waals surface area (Å²) in [5.74, 6) is 0.910. The molecule has 2 aliphatic heterocycles. The molecule has 0 atom stereocenters. The SMILES string of the molecule is COc1cccc(C2(O)CCN(CCNC(=O)CN3CCCCCC3)CC2)c1. The number of hydrogen-bond donors (Lipinski definition) is 2. The molecule has 0 unspecified atom stereocenters. The summed E-state index contributed by atoms with van der Waals surface area (Å²) in [6.07, 6.45) is 6.38. The minimum absolute atomic E-state index is 0.131. The summed E-state index contributed by atoms with van der Waals surface area (Å²) in [6.45, 7) is 5.77. The van der Waals surface area contributed by atoms with Gasteiger partial charge in [-0.05, 0) is 56.5 Å². The maximum absolute atomic E-state index is 12.2. The maximum atomic E-state index is 12.2. The minimum atomic E-state index is -0.791. The van der Waals surface area contributed by atoms with Crippen molar-refractivity contribution in [3.63, 3.8) is 0 Å². The van der Waals surface area contributed by atoms with Gasteiger partial charge in [-0.15, -0.1) is 0 Å². The highest BCUT2D eigenvalue weighted by Gasteiger charge is 2.34. The molecule has 156 valence electrons. The molecule has 2 saturated heterocycles. The van der Waals surface area contributed by atoms with Gasteiger partial charge in [0.2, 0.25) is 5.91 Å². The number of nitrogens with zero attached hydrogens (tertiary/aromatic N) is 2. The normalized spacial score (nSPS) is 21.1. The van der Waals surface area contributed by atoms with E-state index in [1.54, 1.807) is 7.11 Å². The van der Waals surface area contributed by atoms with Gasteiger partial charge in [-0.2, -0.15) is 0 Å². The third-order valence-electron chi connectivity index (χ3n) is 6.11. The van der Waals surface area contributed by atoms with E-state index in [0.717, 1.165) is 44.0 Å². The average Bonchev–Trinajstić information content (AvgIpc) is 2.98. The average molecular weight is 390 g/mol. The van der Waals surface area contributed by atoms with Crippen LogP contribution in [0, 0.1) is 0 Å². The maximum Gasteiger partial charge on any atom is 0.234 e. The van der Waals surface area contributed by atoms with Crippen molar-refractivity contribution in [2.75, 3.05) is 52.9 Å². The predicted molar refractivity (Wildman–Crippen MR) is 110 cm³/mol. The smallest absolute Gasteiger partial charge is 0.234 e. The number of nitrogens with one attached hydrogen (secondary N) is 1. The Hall–Kier alpha value is -1.63. The number of methoxy groups -OCH3 is 1. The standard InChI is InChI=1S/C22H35N3O3/c1-28-20-8-6-7-19(17-20)22(27)9-14-24(15-10-22)16-11-23-21(26)18-25-12-4-2-3-5-13-25/h6-8,17,27H,2-5,9-16,18H2,1H3,(H,23,26). The topological polar surface area (TPSA) is 65.0 Å². The molecule has 2 fully saturated rings. The Morgan fingerprint density at radius 3 is 2.50 bits per heavy atom. The summed E-state index contributed by atoms with van der Waals surface area (Å²) >= 11 is 0. The Balaban J connectivity index is 1.37. The second kappa shape index (κ2) is 10.2. The Kier molecular flexibility index (Phi) is 7.71. The molecule has 28 heavy (non-hydrogen) atoms. The molecule has 2 N–H and O–H groups in total. The van der Waals surface area contributed by atoms with Crippen molar-refractivity contribution in [2.45, 2.75) is 44.1 Å². The van der Waals surface area contributed by atoms with Crippen LogP contribution in [0.2, 0.25) is 0 Å². The van der Waals surface area contributed by atoms with Crippen molar-refractivity contribution in [3.05, 3.63) is 29.8 Å². The van der Waals surface area contributed by atoms with Crippen molar-refractivity contribution in [2.24, 2.45) is 0 Å². The van der Waals surface area contributed by atoms with Crippen LogP contribution in [0.5, 0.6) is 5.75 Å². The first-order valence-corrected chi connectivity index (χ1v) is 10.7. The summed E-state index contributed by atoms with van der Waals surface area (Å²) in [4.78, 5) is 16.8. The largest absolute Gasteiger partial charge is 0.497 e. The molecule has 2 heterocycles. The summed E-state index contributed by atoms with van der Waals surface area (Å²) in [5, 5.41) is 14.1. The zero-order valence-electron chi connectivity index (χ0n) is 17.2. The molecule has 6 nitrogen and oxygen atoms in total. The van der Waals surface area contributed by atoms with Gasteiger partial charge in [0.15, 0.2) is 0 Å². The number of carbonyl (C=O) groups is 1. The number of piperidine rings is 1. The van der Waals surface area contributed by atoms with E-state index in [1.807, 2.05) is 24.3 Å². The van der Waals surface area contributed by atoms with Crippen LogP contribution in [0.15, 0.2) is 24.3 Å². The number of likely N-dealkylation sites (tertiary alicyclic amines) is 2. The first-order valence-electron chi connectivity index (χ1n) is 10.7. The number of amides is 1. The van der Waals surface area contributed by atoms with Crippen molar-refractivity contribution < 1.29 is 14.6 Å². The Morgan fingerprint density at radius 2 is 1.82 bits per heavy atom. The van der Waals surface area contributed by atoms with E-state index in [2.05, 4.69) is 15.1 Å². The van der Waals surface area contributed by atoms with Crippen LogP contribution in [0.1, 0.15) is 44.1 Å². The van der Waals surface area contributed by atoms with Crippen LogP contribution < -0.4 is 10.1 Å². The summed E-state index contributed by atoms with van der Waals surface area (Å²) < 4.78 is 5.28. The molecule has 0 saturated carbocycles. The van der Waals surface area contributed by atoms with Gasteiger partial charge in [0.25, 0.3) is 0 Å². The lowest BCUT2D eigenvalue weighted by Crippen LogP contribution is -2.46. The van der Waals surface area contributed by atoms with Crippen molar-refractivity contribution in [3.8, 4) is 5.75 Å². The van der Waals surface area contributed by atoms with Gasteiger partial charge in [0.1, 0.15) is 5.75 Å². The summed E-state index contributed by atoms with van der Waals surface area (Å²) in [6, 6.07) is 7.73. The summed E-state index contributed by atoms with van der Waals surface area (Å²) in [5.41, 5.74) is 0.137. The third-order valence-corrected chi connectivity index (χ3v) is 6.11. The van der Waals surface area contributed by atoms with Gasteiger partial charge in [-0.3, -0.25) is 9.69 Å². The fourth-order valence-corrected chi connectivity index (χ4v) is 4.25. The molecule has 1 aromatic rings. The fraction of sp³-hybridized carbons (Fsp3) is 0.682. The van der Waals surface area contributed by atoms with E-state index in [0.29, 0.717) is 25.9 Å². The molecule has 3 rings (SSSR count). The van der Waals surface area contributed by atoms with E-state index < -0.39 is 5.60 Å². The lowest BCUT2D eigenvalue weighted by atomic mass is 9.84. The number of aliphatic hydroxyl groups is 1. The van der Waals surface area contributed by atoms with Crippen LogP contribution >= 0.6 is 0 Å².